The molecule has 9 nitrogen and oxygen atoms in total. The van der Waals surface area contributed by atoms with E-state index in [9.17, 15) is 19.5 Å². The molecule has 11 heteroatoms. The molecule has 1 amide bonds. The lowest BCUT2D eigenvalue weighted by atomic mass is 10.1. The first-order chi connectivity index (χ1) is 17.3. The first kappa shape index (κ1) is 26.0. The number of aliphatic hydroxyl groups excluding tert-OH is 1. The predicted molar refractivity (Wildman–Crippen MR) is 135 cm³/mol. The minimum atomic E-state index is -1.03. The minimum absolute atomic E-state index is 0.0315. The highest BCUT2D eigenvalue weighted by molar-refractivity contribution is 6.35. The monoisotopic (exact) mass is 533 g/mol. The topological polar surface area (TPSA) is 123 Å². The molecule has 0 saturated carbocycles. The Morgan fingerprint density at radius 2 is 2.00 bits per heavy atom. The summed E-state index contributed by atoms with van der Waals surface area (Å²) in [6, 6.07) is 13.6. The molecular weight excluding hydrogens is 509 g/mol. The second-order valence-electron chi connectivity index (χ2n) is 8.34. The van der Waals surface area contributed by atoms with Crippen LogP contribution < -0.4 is 21.3 Å². The summed E-state index contributed by atoms with van der Waals surface area (Å²) in [5.41, 5.74) is -0.0582. The van der Waals surface area contributed by atoms with Gasteiger partial charge < -0.3 is 19.9 Å². The number of nitrogens with one attached hydrogen (secondary N) is 2. The van der Waals surface area contributed by atoms with Gasteiger partial charge in [0.05, 0.1) is 11.1 Å². The SMILES string of the molecule is CCc1cn([C@@H]2CC(O)[C@H](CNC(=O)[C@@H](Oc3ccc(Cl)cc3Cl)c3ccccc3)O2)c(=O)[nH]c1=O. The molecule has 4 rings (SSSR count). The van der Waals surface area contributed by atoms with E-state index >= 15 is 0 Å². The molecule has 36 heavy (non-hydrogen) atoms. The highest BCUT2D eigenvalue weighted by Crippen LogP contribution is 2.32. The fourth-order valence-corrected chi connectivity index (χ4v) is 4.41. The van der Waals surface area contributed by atoms with Crippen molar-refractivity contribution in [1.82, 2.24) is 14.9 Å². The number of amides is 1. The van der Waals surface area contributed by atoms with Crippen molar-refractivity contribution in [3.8, 4) is 5.75 Å². The molecule has 190 valence electrons. The van der Waals surface area contributed by atoms with Crippen LogP contribution in [-0.4, -0.2) is 39.3 Å². The summed E-state index contributed by atoms with van der Waals surface area (Å²) in [5, 5.41) is 14.0. The second-order valence-corrected chi connectivity index (χ2v) is 9.18. The Morgan fingerprint density at radius 1 is 1.25 bits per heavy atom. The highest BCUT2D eigenvalue weighted by Gasteiger charge is 2.36. The number of hydrogen-bond acceptors (Lipinski definition) is 6. The molecule has 1 aliphatic rings. The van der Waals surface area contributed by atoms with Crippen LogP contribution in [0.4, 0.5) is 0 Å². The summed E-state index contributed by atoms with van der Waals surface area (Å²) in [6.45, 7) is 1.76. The summed E-state index contributed by atoms with van der Waals surface area (Å²) in [4.78, 5) is 39.6. The van der Waals surface area contributed by atoms with Crippen molar-refractivity contribution in [2.45, 2.75) is 44.3 Å². The Kier molecular flexibility index (Phi) is 8.15. The molecule has 1 unspecified atom stereocenters. The summed E-state index contributed by atoms with van der Waals surface area (Å²) in [7, 11) is 0. The van der Waals surface area contributed by atoms with Crippen LogP contribution in [0, 0.1) is 0 Å². The number of nitrogens with zero attached hydrogens (tertiary/aromatic N) is 1. The van der Waals surface area contributed by atoms with Crippen LogP contribution in [-0.2, 0) is 16.0 Å². The molecule has 0 bridgehead atoms. The van der Waals surface area contributed by atoms with E-state index in [1.165, 1.54) is 16.8 Å². The molecule has 2 aromatic carbocycles. The van der Waals surface area contributed by atoms with Crippen molar-refractivity contribution in [2.24, 2.45) is 0 Å². The molecule has 1 fully saturated rings. The number of halogens is 2. The molecule has 3 aromatic rings. The van der Waals surface area contributed by atoms with Gasteiger partial charge in [-0.1, -0.05) is 60.5 Å². The number of aryl methyl sites for hydroxylation is 1. The van der Waals surface area contributed by atoms with Crippen LogP contribution >= 0.6 is 23.2 Å². The Bertz CT molecular complexity index is 1340. The van der Waals surface area contributed by atoms with Crippen molar-refractivity contribution in [3.05, 3.63) is 96.7 Å². The molecular formula is C25H25Cl2N3O6. The van der Waals surface area contributed by atoms with Crippen molar-refractivity contribution >= 4 is 29.1 Å². The maximum atomic E-state index is 13.2. The van der Waals surface area contributed by atoms with Crippen LogP contribution in [0.3, 0.4) is 0 Å². The zero-order valence-corrected chi connectivity index (χ0v) is 20.8. The van der Waals surface area contributed by atoms with Crippen LogP contribution in [0.15, 0.2) is 64.3 Å². The number of benzene rings is 2. The summed E-state index contributed by atoms with van der Waals surface area (Å²) in [5.74, 6) is -0.188. The van der Waals surface area contributed by atoms with Gasteiger partial charge in [-0.15, -0.1) is 0 Å². The van der Waals surface area contributed by atoms with Gasteiger partial charge in [0.2, 0.25) is 6.10 Å². The van der Waals surface area contributed by atoms with E-state index in [2.05, 4.69) is 10.3 Å². The lowest BCUT2D eigenvalue weighted by molar-refractivity contribution is -0.129. The lowest BCUT2D eigenvalue weighted by Gasteiger charge is -2.22. The summed E-state index contributed by atoms with van der Waals surface area (Å²) in [6.07, 6.45) is -1.55. The van der Waals surface area contributed by atoms with Crippen molar-refractivity contribution in [1.29, 1.82) is 0 Å². The fourth-order valence-electron chi connectivity index (χ4n) is 3.95. The minimum Gasteiger partial charge on any atom is -0.474 e. The molecule has 2 heterocycles. The average Bonchev–Trinajstić information content (AvgIpc) is 3.22. The third-order valence-electron chi connectivity index (χ3n) is 5.89. The van der Waals surface area contributed by atoms with E-state index in [4.69, 9.17) is 32.7 Å². The van der Waals surface area contributed by atoms with Gasteiger partial charge in [0.15, 0.2) is 0 Å². The van der Waals surface area contributed by atoms with E-state index < -0.39 is 41.7 Å². The Balaban J connectivity index is 1.47. The molecule has 0 aliphatic carbocycles. The molecule has 1 aliphatic heterocycles. The van der Waals surface area contributed by atoms with Gasteiger partial charge in [0.1, 0.15) is 18.1 Å². The summed E-state index contributed by atoms with van der Waals surface area (Å²) >= 11 is 12.2. The number of aromatic nitrogens is 2. The van der Waals surface area contributed by atoms with Gasteiger partial charge >= 0.3 is 5.69 Å². The number of aromatic amines is 1. The number of aliphatic hydroxyl groups is 1. The zero-order valence-electron chi connectivity index (χ0n) is 19.3. The lowest BCUT2D eigenvalue weighted by Crippen LogP contribution is -2.40. The van der Waals surface area contributed by atoms with Crippen LogP contribution in [0.2, 0.25) is 10.0 Å². The van der Waals surface area contributed by atoms with Gasteiger partial charge in [0.25, 0.3) is 11.5 Å². The molecule has 1 saturated heterocycles. The van der Waals surface area contributed by atoms with E-state index in [0.717, 1.165) is 0 Å². The van der Waals surface area contributed by atoms with E-state index in [1.807, 2.05) is 6.07 Å². The largest absolute Gasteiger partial charge is 0.474 e. The molecule has 4 atom stereocenters. The number of carbonyl (C=O) groups is 1. The Labute approximate surface area is 216 Å². The van der Waals surface area contributed by atoms with Gasteiger partial charge in [-0.05, 0) is 24.6 Å². The van der Waals surface area contributed by atoms with Crippen LogP contribution in [0.5, 0.6) is 5.75 Å². The van der Waals surface area contributed by atoms with Crippen molar-refractivity contribution in [3.63, 3.8) is 0 Å². The Morgan fingerprint density at radius 3 is 2.69 bits per heavy atom. The number of H-pyrrole nitrogens is 1. The normalized spacial score (nSPS) is 20.2. The Hall–Kier alpha value is -3.11. The maximum absolute atomic E-state index is 13.2. The van der Waals surface area contributed by atoms with E-state index in [1.54, 1.807) is 43.3 Å². The van der Waals surface area contributed by atoms with Gasteiger partial charge in [-0.2, -0.15) is 0 Å². The number of ether oxygens (including phenoxy) is 2. The first-order valence-corrected chi connectivity index (χ1v) is 12.1. The molecule has 0 spiro atoms. The van der Waals surface area contributed by atoms with E-state index in [0.29, 0.717) is 22.6 Å². The smallest absolute Gasteiger partial charge is 0.330 e. The van der Waals surface area contributed by atoms with E-state index in [-0.39, 0.29) is 23.7 Å². The number of hydrogen-bond donors (Lipinski definition) is 3. The third-order valence-corrected chi connectivity index (χ3v) is 6.42. The quantitative estimate of drug-likeness (QED) is 0.409. The highest BCUT2D eigenvalue weighted by atomic mass is 35.5. The maximum Gasteiger partial charge on any atom is 0.330 e. The average molecular weight is 534 g/mol. The van der Waals surface area contributed by atoms with Crippen LogP contribution in [0.25, 0.3) is 0 Å². The predicted octanol–water partition coefficient (Wildman–Crippen LogP) is 2.99. The molecule has 3 N–H and O–H groups in total. The molecule has 1 aromatic heterocycles. The number of carbonyl (C=O) groups excluding carboxylic acids is 1. The van der Waals surface area contributed by atoms with Gasteiger partial charge in [-0.3, -0.25) is 19.1 Å². The standard InChI is InChI=1S/C25H25Cl2N3O6/c1-2-14-13-30(25(34)29-23(14)32)21-11-18(31)20(35-21)12-28-24(33)22(15-6-4-3-5-7-15)36-19-9-8-16(26)10-17(19)27/h3-10,13,18,20-22,31H,2,11-12H2,1H3,(H,28,33)(H,29,32,34)/t18?,20-,21-,22-/m0/s1. The number of rotatable bonds is 8. The van der Waals surface area contributed by atoms with Gasteiger partial charge in [-0.25, -0.2) is 4.79 Å². The fraction of sp³-hybridized carbons (Fsp3) is 0.320. The van der Waals surface area contributed by atoms with Crippen molar-refractivity contribution < 1.29 is 19.4 Å². The van der Waals surface area contributed by atoms with Crippen LogP contribution in [0.1, 0.15) is 36.8 Å². The zero-order chi connectivity index (χ0) is 25.8. The summed E-state index contributed by atoms with van der Waals surface area (Å²) < 4.78 is 13.1. The second kappa shape index (κ2) is 11.3. The van der Waals surface area contributed by atoms with Crippen molar-refractivity contribution in [2.75, 3.05) is 6.54 Å². The van der Waals surface area contributed by atoms with Gasteiger partial charge in [0, 0.05) is 35.3 Å². The first-order valence-electron chi connectivity index (χ1n) is 11.4. The molecule has 0 radical (unpaired) electrons. The third kappa shape index (κ3) is 5.82.